The fraction of sp³-hybridized carbons (Fsp3) is 0.364. The highest BCUT2D eigenvalue weighted by Crippen LogP contribution is 2.20. The molecule has 2 rings (SSSR count). The Morgan fingerprint density at radius 2 is 2.33 bits per heavy atom. The average molecular weight is 284 g/mol. The maximum Gasteiger partial charge on any atom is 0.223 e. The lowest BCUT2D eigenvalue weighted by Crippen LogP contribution is -2.02. The fourth-order valence-corrected chi connectivity index (χ4v) is 2.09. The molecule has 0 aliphatic heterocycles. The van der Waals surface area contributed by atoms with Gasteiger partial charge in [-0.05, 0) is 19.5 Å². The van der Waals surface area contributed by atoms with Gasteiger partial charge in [0.1, 0.15) is 5.52 Å². The summed E-state index contributed by atoms with van der Waals surface area (Å²) in [6.45, 7) is 2.81. The number of hydrogen-bond acceptors (Lipinski definition) is 4. The molecule has 0 aliphatic carbocycles. The number of rotatable bonds is 4. The van der Waals surface area contributed by atoms with E-state index in [1.54, 1.807) is 6.33 Å². The molecule has 2 aromatic rings. The summed E-state index contributed by atoms with van der Waals surface area (Å²) in [5, 5.41) is 0.294. The second-order valence-corrected chi connectivity index (χ2v) is 4.98. The topological polar surface area (TPSA) is 69.6 Å². The van der Waals surface area contributed by atoms with E-state index in [0.29, 0.717) is 16.3 Å². The van der Waals surface area contributed by atoms with Crippen LogP contribution in [0.25, 0.3) is 11.2 Å². The van der Waals surface area contributed by atoms with Crippen LogP contribution < -0.4 is 5.73 Å². The summed E-state index contributed by atoms with van der Waals surface area (Å²) in [7, 11) is 2.71. The molecule has 0 amide bonds. The molecule has 1 unspecified atom stereocenters. The van der Waals surface area contributed by atoms with E-state index < -0.39 is 0 Å². The van der Waals surface area contributed by atoms with Crippen LogP contribution in [0.2, 0.25) is 5.15 Å². The molecule has 0 aliphatic rings. The maximum absolute atomic E-state index is 5.97. The largest absolute Gasteiger partial charge is 0.368 e. The minimum atomic E-state index is 0.167. The second-order valence-electron chi connectivity index (χ2n) is 4.05. The summed E-state index contributed by atoms with van der Waals surface area (Å²) < 4.78 is 1.92. The van der Waals surface area contributed by atoms with E-state index in [1.807, 2.05) is 4.57 Å². The molecule has 96 valence electrons. The van der Waals surface area contributed by atoms with Crippen molar-refractivity contribution in [3.05, 3.63) is 23.1 Å². The van der Waals surface area contributed by atoms with Gasteiger partial charge in [0.2, 0.25) is 5.95 Å². The zero-order valence-corrected chi connectivity index (χ0v) is 12.0. The van der Waals surface area contributed by atoms with E-state index >= 15 is 0 Å². The van der Waals surface area contributed by atoms with Crippen LogP contribution in [0.4, 0.5) is 5.95 Å². The lowest BCUT2D eigenvalue weighted by molar-refractivity contribution is 0.794. The summed E-state index contributed by atoms with van der Waals surface area (Å²) in [6, 6.07) is 0. The number of imidazole rings is 1. The highest BCUT2D eigenvalue weighted by atomic mass is 35.5. The predicted octanol–water partition coefficient (Wildman–Crippen LogP) is 2.27. The number of nitrogens with zero attached hydrogens (tertiary/aromatic N) is 4. The van der Waals surface area contributed by atoms with E-state index in [1.165, 1.54) is 5.57 Å². The van der Waals surface area contributed by atoms with E-state index in [0.717, 1.165) is 19.1 Å². The number of hydrogen-bond donors (Lipinski definition) is 1. The standard InChI is InChI=1S/C11H15ClN5P/c1-7(3-2-4-18)5-17-6-14-8-9(12)15-11(13)16-10(8)17/h3,6H,2,4-5,18H2,1H3,(H2,13,15,16)/b7-3-. The van der Waals surface area contributed by atoms with Crippen LogP contribution in [0.3, 0.4) is 0 Å². The van der Waals surface area contributed by atoms with Crippen LogP contribution >= 0.6 is 20.8 Å². The molecule has 0 aromatic carbocycles. The quantitative estimate of drug-likeness (QED) is 0.531. The van der Waals surface area contributed by atoms with E-state index in [4.69, 9.17) is 17.3 Å². The molecule has 2 aromatic heterocycles. The number of nitrogen functional groups attached to an aromatic ring is 1. The molecule has 2 N–H and O–H groups in total. The van der Waals surface area contributed by atoms with Crippen LogP contribution in [-0.4, -0.2) is 25.7 Å². The zero-order chi connectivity index (χ0) is 13.1. The molecule has 0 bridgehead atoms. The van der Waals surface area contributed by atoms with Crippen molar-refractivity contribution in [3.63, 3.8) is 0 Å². The van der Waals surface area contributed by atoms with Gasteiger partial charge < -0.3 is 10.3 Å². The third-order valence-electron chi connectivity index (χ3n) is 2.52. The molecular formula is C11H15ClN5P. The monoisotopic (exact) mass is 283 g/mol. The van der Waals surface area contributed by atoms with Gasteiger partial charge in [-0.15, -0.1) is 9.24 Å². The van der Waals surface area contributed by atoms with Gasteiger partial charge in [0.05, 0.1) is 6.33 Å². The summed E-state index contributed by atoms with van der Waals surface area (Å²) in [4.78, 5) is 12.3. The van der Waals surface area contributed by atoms with Gasteiger partial charge in [-0.3, -0.25) is 0 Å². The van der Waals surface area contributed by atoms with Crippen molar-refractivity contribution in [2.45, 2.75) is 19.9 Å². The molecular weight excluding hydrogens is 269 g/mol. The second kappa shape index (κ2) is 5.63. The predicted molar refractivity (Wildman–Crippen MR) is 77.7 cm³/mol. The first-order chi connectivity index (χ1) is 8.61. The lowest BCUT2D eigenvalue weighted by atomic mass is 10.2. The van der Waals surface area contributed by atoms with Gasteiger partial charge >= 0.3 is 0 Å². The van der Waals surface area contributed by atoms with Crippen molar-refractivity contribution in [1.82, 2.24) is 19.5 Å². The molecule has 2 heterocycles. The first-order valence-corrected chi connectivity index (χ1v) is 6.81. The fourth-order valence-electron chi connectivity index (χ4n) is 1.70. The van der Waals surface area contributed by atoms with Crippen molar-refractivity contribution >= 4 is 38.0 Å². The smallest absolute Gasteiger partial charge is 0.223 e. The van der Waals surface area contributed by atoms with Gasteiger partial charge in [-0.1, -0.05) is 23.3 Å². The van der Waals surface area contributed by atoms with Gasteiger partial charge in [0.15, 0.2) is 10.8 Å². The molecule has 18 heavy (non-hydrogen) atoms. The lowest BCUT2D eigenvalue weighted by Gasteiger charge is -2.04. The molecule has 0 spiro atoms. The third-order valence-corrected chi connectivity index (χ3v) is 3.11. The third kappa shape index (κ3) is 2.79. The van der Waals surface area contributed by atoms with E-state index in [9.17, 15) is 0 Å². The van der Waals surface area contributed by atoms with Crippen LogP contribution in [0.15, 0.2) is 18.0 Å². The Morgan fingerprint density at radius 3 is 3.06 bits per heavy atom. The minimum absolute atomic E-state index is 0.167. The summed E-state index contributed by atoms with van der Waals surface area (Å²) in [5.74, 6) is 0.167. The average Bonchev–Trinajstić information content (AvgIpc) is 2.70. The summed E-state index contributed by atoms with van der Waals surface area (Å²) in [6.07, 6.45) is 6.01. The van der Waals surface area contributed by atoms with Crippen molar-refractivity contribution in [3.8, 4) is 0 Å². The number of halogens is 1. The molecule has 7 heteroatoms. The Kier molecular flexibility index (Phi) is 4.15. The highest BCUT2D eigenvalue weighted by molar-refractivity contribution is 7.16. The Morgan fingerprint density at radius 1 is 1.56 bits per heavy atom. The SMILES string of the molecule is C/C(=C/CCP)Cn1cnc2c(Cl)nc(N)nc21. The summed E-state index contributed by atoms with van der Waals surface area (Å²) in [5.41, 5.74) is 8.11. The summed E-state index contributed by atoms with van der Waals surface area (Å²) >= 11 is 5.97. The van der Waals surface area contributed by atoms with Crippen LogP contribution in [0.1, 0.15) is 13.3 Å². The Labute approximate surface area is 113 Å². The van der Waals surface area contributed by atoms with Gasteiger partial charge in [0.25, 0.3) is 0 Å². The highest BCUT2D eigenvalue weighted by Gasteiger charge is 2.10. The van der Waals surface area contributed by atoms with E-state index in [2.05, 4.69) is 37.2 Å². The van der Waals surface area contributed by atoms with Crippen molar-refractivity contribution < 1.29 is 0 Å². The molecule has 0 saturated carbocycles. The Hall–Kier alpha value is -1.19. The maximum atomic E-state index is 5.97. The molecule has 1 atom stereocenters. The van der Waals surface area contributed by atoms with Gasteiger partial charge in [0, 0.05) is 6.54 Å². The van der Waals surface area contributed by atoms with Crippen LogP contribution in [0, 0.1) is 0 Å². The number of fused-ring (bicyclic) bond motifs is 1. The number of anilines is 1. The van der Waals surface area contributed by atoms with Gasteiger partial charge in [-0.2, -0.15) is 9.97 Å². The zero-order valence-electron chi connectivity index (χ0n) is 10.1. The number of allylic oxidation sites excluding steroid dienone is 2. The first kappa shape index (κ1) is 13.2. The van der Waals surface area contributed by atoms with Crippen LogP contribution in [0.5, 0.6) is 0 Å². The van der Waals surface area contributed by atoms with Crippen molar-refractivity contribution in [1.29, 1.82) is 0 Å². The molecule has 0 radical (unpaired) electrons. The molecule has 0 fully saturated rings. The Bertz CT molecular complexity index is 592. The molecule has 5 nitrogen and oxygen atoms in total. The Balaban J connectivity index is 2.35. The first-order valence-electron chi connectivity index (χ1n) is 5.61. The minimum Gasteiger partial charge on any atom is -0.368 e. The van der Waals surface area contributed by atoms with Gasteiger partial charge in [-0.25, -0.2) is 4.98 Å². The number of nitrogens with two attached hydrogens (primary N) is 1. The normalized spacial score (nSPS) is 12.3. The van der Waals surface area contributed by atoms with Crippen LogP contribution in [-0.2, 0) is 6.54 Å². The van der Waals surface area contributed by atoms with Crippen molar-refractivity contribution in [2.75, 3.05) is 11.9 Å². The molecule has 0 saturated heterocycles. The van der Waals surface area contributed by atoms with Crippen molar-refractivity contribution in [2.24, 2.45) is 0 Å². The van der Waals surface area contributed by atoms with E-state index in [-0.39, 0.29) is 5.95 Å². The number of aromatic nitrogens is 4.